The highest BCUT2D eigenvalue weighted by atomic mass is 16.5. The van der Waals surface area contributed by atoms with E-state index in [1.165, 1.54) is 0 Å². The van der Waals surface area contributed by atoms with Crippen LogP contribution in [0.3, 0.4) is 0 Å². The van der Waals surface area contributed by atoms with Crippen molar-refractivity contribution < 1.29 is 19.4 Å². The van der Waals surface area contributed by atoms with Crippen molar-refractivity contribution in [1.29, 1.82) is 0 Å². The molecule has 0 saturated carbocycles. The molecule has 1 saturated heterocycles. The van der Waals surface area contributed by atoms with Crippen LogP contribution in [0.15, 0.2) is 36.5 Å². The van der Waals surface area contributed by atoms with Crippen molar-refractivity contribution in [2.75, 3.05) is 13.2 Å². The van der Waals surface area contributed by atoms with Crippen LogP contribution in [0.1, 0.15) is 6.42 Å². The number of nitrogens with zero attached hydrogens (tertiary/aromatic N) is 1. The number of aliphatic carboxylic acids is 1. The molecule has 1 fully saturated rings. The number of benzene rings is 1. The predicted octanol–water partition coefficient (Wildman–Crippen LogP) is 1.00. The zero-order valence-electron chi connectivity index (χ0n) is 11.4. The number of nitrogens with one attached hydrogen (secondary N) is 1. The zero-order chi connectivity index (χ0) is 14.9. The number of carboxylic acid groups (broad SMARTS) is 1. The summed E-state index contributed by atoms with van der Waals surface area (Å²) < 4.78 is 6.93. The predicted molar refractivity (Wildman–Crippen MR) is 75.9 cm³/mol. The van der Waals surface area contributed by atoms with Gasteiger partial charge in [0.1, 0.15) is 6.54 Å². The maximum absolute atomic E-state index is 12.2. The number of hydrogen-bond acceptors (Lipinski definition) is 3. The lowest BCUT2D eigenvalue weighted by atomic mass is 9.99. The summed E-state index contributed by atoms with van der Waals surface area (Å²) in [5.74, 6) is -1.38. The van der Waals surface area contributed by atoms with Crippen molar-refractivity contribution >= 4 is 22.8 Å². The summed E-state index contributed by atoms with van der Waals surface area (Å²) in [5, 5.41) is 13.0. The minimum Gasteiger partial charge on any atom is -0.479 e. The summed E-state index contributed by atoms with van der Waals surface area (Å²) in [6, 6.07) is 9.65. The second-order valence-electron chi connectivity index (χ2n) is 5.24. The molecule has 0 spiro atoms. The van der Waals surface area contributed by atoms with Gasteiger partial charge in [-0.2, -0.15) is 0 Å². The molecular weight excluding hydrogens is 272 g/mol. The highest BCUT2D eigenvalue weighted by molar-refractivity contribution is 5.88. The number of carboxylic acids is 1. The third kappa shape index (κ3) is 2.50. The van der Waals surface area contributed by atoms with Crippen molar-refractivity contribution in [3.05, 3.63) is 36.5 Å². The average Bonchev–Trinajstić information content (AvgIpc) is 3.08. The Bertz CT molecular complexity index is 686. The Labute approximate surface area is 121 Å². The number of ether oxygens (including phenoxy) is 1. The zero-order valence-corrected chi connectivity index (χ0v) is 11.4. The monoisotopic (exact) mass is 288 g/mol. The van der Waals surface area contributed by atoms with Gasteiger partial charge in [-0.15, -0.1) is 0 Å². The van der Waals surface area contributed by atoms with Crippen molar-refractivity contribution in [2.45, 2.75) is 18.5 Å². The van der Waals surface area contributed by atoms with Crippen LogP contribution in [-0.2, 0) is 20.9 Å². The van der Waals surface area contributed by atoms with E-state index in [1.54, 1.807) is 4.57 Å². The van der Waals surface area contributed by atoms with E-state index in [9.17, 15) is 14.7 Å². The van der Waals surface area contributed by atoms with Gasteiger partial charge in [-0.3, -0.25) is 4.79 Å². The molecule has 110 valence electrons. The molecule has 1 aromatic heterocycles. The Hall–Kier alpha value is -2.34. The molecular formula is C15H16N2O4. The highest BCUT2D eigenvalue weighted by Gasteiger charge is 2.43. The second-order valence-corrected chi connectivity index (χ2v) is 5.24. The van der Waals surface area contributed by atoms with E-state index in [0.717, 1.165) is 10.9 Å². The Kier molecular flexibility index (Phi) is 3.39. The Morgan fingerprint density at radius 1 is 1.33 bits per heavy atom. The normalized spacial score (nSPS) is 21.5. The fourth-order valence-corrected chi connectivity index (χ4v) is 2.63. The second kappa shape index (κ2) is 5.21. The largest absolute Gasteiger partial charge is 0.479 e. The van der Waals surface area contributed by atoms with E-state index >= 15 is 0 Å². The highest BCUT2D eigenvalue weighted by Crippen LogP contribution is 2.19. The van der Waals surface area contributed by atoms with Gasteiger partial charge in [-0.1, -0.05) is 18.2 Å². The minimum absolute atomic E-state index is 0.0144. The first kappa shape index (κ1) is 13.6. The lowest BCUT2D eigenvalue weighted by molar-refractivity contribution is -0.147. The molecule has 6 heteroatoms. The van der Waals surface area contributed by atoms with Gasteiger partial charge in [0.15, 0.2) is 5.54 Å². The van der Waals surface area contributed by atoms with Crippen molar-refractivity contribution in [2.24, 2.45) is 0 Å². The number of rotatable bonds is 4. The van der Waals surface area contributed by atoms with Crippen LogP contribution in [0, 0.1) is 0 Å². The van der Waals surface area contributed by atoms with Crippen LogP contribution in [0.5, 0.6) is 0 Å². The van der Waals surface area contributed by atoms with Crippen molar-refractivity contribution in [3.8, 4) is 0 Å². The number of fused-ring (bicyclic) bond motifs is 1. The maximum atomic E-state index is 12.2. The van der Waals surface area contributed by atoms with E-state index in [2.05, 4.69) is 5.32 Å². The molecule has 21 heavy (non-hydrogen) atoms. The topological polar surface area (TPSA) is 80.6 Å². The molecule has 0 bridgehead atoms. The van der Waals surface area contributed by atoms with Gasteiger partial charge < -0.3 is 19.7 Å². The third-order valence-electron chi connectivity index (χ3n) is 3.80. The Morgan fingerprint density at radius 3 is 2.86 bits per heavy atom. The van der Waals surface area contributed by atoms with Gasteiger partial charge in [0, 0.05) is 24.7 Å². The smallest absolute Gasteiger partial charge is 0.331 e. The first-order chi connectivity index (χ1) is 10.1. The van der Waals surface area contributed by atoms with Gasteiger partial charge >= 0.3 is 5.97 Å². The van der Waals surface area contributed by atoms with Crippen LogP contribution in [-0.4, -0.2) is 40.3 Å². The minimum atomic E-state index is -1.29. The van der Waals surface area contributed by atoms with E-state index in [1.807, 2.05) is 36.5 Å². The molecule has 2 heterocycles. The van der Waals surface area contributed by atoms with Crippen LogP contribution < -0.4 is 5.32 Å². The maximum Gasteiger partial charge on any atom is 0.331 e. The van der Waals surface area contributed by atoms with Gasteiger partial charge in [0.05, 0.1) is 6.61 Å². The molecule has 2 aromatic rings. The SMILES string of the molecule is O=C(Cn1ccc2ccccc21)NC1(C(=O)O)CCOC1. The van der Waals surface area contributed by atoms with Crippen LogP contribution in [0.2, 0.25) is 0 Å². The fourth-order valence-electron chi connectivity index (χ4n) is 2.63. The van der Waals surface area contributed by atoms with Gasteiger partial charge in [0.2, 0.25) is 5.91 Å². The molecule has 0 radical (unpaired) electrons. The summed E-state index contributed by atoms with van der Waals surface area (Å²) in [7, 11) is 0. The summed E-state index contributed by atoms with van der Waals surface area (Å²) in [6.07, 6.45) is 2.11. The van der Waals surface area contributed by atoms with E-state index < -0.39 is 11.5 Å². The molecule has 3 rings (SSSR count). The first-order valence-electron chi connectivity index (χ1n) is 6.77. The van der Waals surface area contributed by atoms with Crippen LogP contribution in [0.4, 0.5) is 0 Å². The average molecular weight is 288 g/mol. The standard InChI is InChI=1S/C15H16N2O4/c18-13(16-15(14(19)20)6-8-21-10-15)9-17-7-5-11-3-1-2-4-12(11)17/h1-5,7H,6,8-10H2,(H,16,18)(H,19,20). The molecule has 6 nitrogen and oxygen atoms in total. The number of para-hydroxylation sites is 1. The first-order valence-corrected chi connectivity index (χ1v) is 6.77. The number of carbonyl (C=O) groups excluding carboxylic acids is 1. The number of carbonyl (C=O) groups is 2. The summed E-state index contributed by atoms with van der Waals surface area (Å²) in [4.78, 5) is 23.5. The number of aromatic nitrogens is 1. The fraction of sp³-hybridized carbons (Fsp3) is 0.333. The van der Waals surface area contributed by atoms with Crippen LogP contribution >= 0.6 is 0 Å². The molecule has 1 aliphatic heterocycles. The summed E-state index contributed by atoms with van der Waals surface area (Å²) in [5.41, 5.74) is -0.347. The Morgan fingerprint density at radius 2 is 2.14 bits per heavy atom. The van der Waals surface area contributed by atoms with E-state index in [0.29, 0.717) is 13.0 Å². The number of hydrogen-bond donors (Lipinski definition) is 2. The molecule has 1 aromatic carbocycles. The van der Waals surface area contributed by atoms with Crippen molar-refractivity contribution in [3.63, 3.8) is 0 Å². The van der Waals surface area contributed by atoms with Crippen molar-refractivity contribution in [1.82, 2.24) is 9.88 Å². The Balaban J connectivity index is 1.76. The lowest BCUT2D eigenvalue weighted by Crippen LogP contribution is -2.55. The van der Waals surface area contributed by atoms with E-state index in [-0.39, 0.29) is 19.1 Å². The van der Waals surface area contributed by atoms with Crippen LogP contribution in [0.25, 0.3) is 10.9 Å². The quantitative estimate of drug-likeness (QED) is 0.879. The molecule has 1 atom stereocenters. The third-order valence-corrected chi connectivity index (χ3v) is 3.80. The van der Waals surface area contributed by atoms with Gasteiger partial charge in [-0.25, -0.2) is 4.79 Å². The molecule has 0 aliphatic carbocycles. The van der Waals surface area contributed by atoms with Gasteiger partial charge in [-0.05, 0) is 17.5 Å². The number of amides is 1. The molecule has 1 unspecified atom stereocenters. The molecule has 2 N–H and O–H groups in total. The van der Waals surface area contributed by atoms with Gasteiger partial charge in [0.25, 0.3) is 0 Å². The summed E-state index contributed by atoms with van der Waals surface area (Å²) in [6.45, 7) is 0.447. The lowest BCUT2D eigenvalue weighted by Gasteiger charge is -2.23. The molecule has 1 amide bonds. The van der Waals surface area contributed by atoms with E-state index in [4.69, 9.17) is 4.74 Å². The molecule has 1 aliphatic rings. The summed E-state index contributed by atoms with van der Waals surface area (Å²) >= 11 is 0.